The molecule has 3 aromatic rings. The van der Waals surface area contributed by atoms with Crippen molar-refractivity contribution < 1.29 is 19.4 Å². The highest BCUT2D eigenvalue weighted by Crippen LogP contribution is 2.22. The molecular formula is C25H28N4O4. The molecule has 0 aliphatic carbocycles. The van der Waals surface area contributed by atoms with E-state index in [1.807, 2.05) is 78.5 Å². The molecule has 2 aromatic carbocycles. The van der Waals surface area contributed by atoms with Gasteiger partial charge in [0.2, 0.25) is 5.91 Å². The fourth-order valence-electron chi connectivity index (χ4n) is 3.19. The molecule has 2 N–H and O–H groups in total. The first-order chi connectivity index (χ1) is 15.9. The molecule has 1 heterocycles. The van der Waals surface area contributed by atoms with Crippen molar-refractivity contribution in [2.75, 3.05) is 43.9 Å². The predicted octanol–water partition coefficient (Wildman–Crippen LogP) is 3.97. The van der Waals surface area contributed by atoms with Crippen LogP contribution in [0.3, 0.4) is 0 Å². The number of hydrogen-bond acceptors (Lipinski definition) is 6. The van der Waals surface area contributed by atoms with Crippen LogP contribution in [0.25, 0.3) is 0 Å². The van der Waals surface area contributed by atoms with Crippen molar-refractivity contribution in [3.05, 3.63) is 78.5 Å². The highest BCUT2D eigenvalue weighted by Gasteiger charge is 2.09. The second-order valence-corrected chi connectivity index (χ2v) is 7.71. The number of anilines is 2. The average molecular weight is 449 g/mol. The Morgan fingerprint density at radius 3 is 2.27 bits per heavy atom. The van der Waals surface area contributed by atoms with Crippen molar-refractivity contribution >= 4 is 23.4 Å². The molecular weight excluding hydrogens is 420 g/mol. The molecule has 3 rings (SSSR count). The number of aromatic nitrogens is 1. The Labute approximate surface area is 193 Å². The zero-order chi connectivity index (χ0) is 23.6. The van der Waals surface area contributed by atoms with Gasteiger partial charge in [-0.1, -0.05) is 18.2 Å². The zero-order valence-electron chi connectivity index (χ0n) is 18.8. The number of pyridine rings is 1. The summed E-state index contributed by atoms with van der Waals surface area (Å²) in [6.45, 7) is 1.74. The van der Waals surface area contributed by atoms with Crippen LogP contribution in [0, 0.1) is 0 Å². The molecule has 0 fully saturated rings. The lowest BCUT2D eigenvalue weighted by Crippen LogP contribution is -2.32. The molecule has 0 unspecified atom stereocenters. The summed E-state index contributed by atoms with van der Waals surface area (Å²) in [5.74, 6) is 1.09. The molecule has 1 amide bonds. The third-order valence-corrected chi connectivity index (χ3v) is 4.95. The van der Waals surface area contributed by atoms with Crippen LogP contribution in [0.5, 0.6) is 11.5 Å². The topological polar surface area (TPSA) is 95.0 Å². The summed E-state index contributed by atoms with van der Waals surface area (Å²) in [7, 11) is 3.80. The van der Waals surface area contributed by atoms with E-state index in [0.29, 0.717) is 17.3 Å². The summed E-state index contributed by atoms with van der Waals surface area (Å²) in [5, 5.41) is 11.8. The third kappa shape index (κ3) is 7.62. The van der Waals surface area contributed by atoms with E-state index in [4.69, 9.17) is 9.84 Å². The normalized spacial score (nSPS) is 10.6. The van der Waals surface area contributed by atoms with Crippen LogP contribution in [-0.2, 0) is 4.79 Å². The standard InChI is InChI=1S/C25H28N4O4/c1-28(15-6-16-29(2)23-14-9-19(17-26-23)25(31)32)18-24(30)27-20-10-12-22(13-11-20)33-21-7-4-3-5-8-21/h3-5,7-14,17H,6,15-16,18H2,1-2H3,(H,27,30)(H,31,32). The van der Waals surface area contributed by atoms with E-state index in [1.165, 1.54) is 12.3 Å². The van der Waals surface area contributed by atoms with E-state index in [1.54, 1.807) is 6.07 Å². The second kappa shape index (κ2) is 11.6. The van der Waals surface area contributed by atoms with E-state index < -0.39 is 5.97 Å². The smallest absolute Gasteiger partial charge is 0.337 e. The summed E-state index contributed by atoms with van der Waals surface area (Å²) < 4.78 is 5.76. The quantitative estimate of drug-likeness (QED) is 0.458. The average Bonchev–Trinajstić information content (AvgIpc) is 2.81. The van der Waals surface area contributed by atoms with Crippen LogP contribution in [0.2, 0.25) is 0 Å². The van der Waals surface area contributed by atoms with Gasteiger partial charge in [-0.15, -0.1) is 0 Å². The second-order valence-electron chi connectivity index (χ2n) is 7.71. The van der Waals surface area contributed by atoms with E-state index in [2.05, 4.69) is 10.3 Å². The minimum Gasteiger partial charge on any atom is -0.478 e. The number of carbonyl (C=O) groups excluding carboxylic acids is 1. The van der Waals surface area contributed by atoms with Gasteiger partial charge in [-0.25, -0.2) is 9.78 Å². The molecule has 8 heteroatoms. The van der Waals surface area contributed by atoms with E-state index in [-0.39, 0.29) is 18.0 Å². The van der Waals surface area contributed by atoms with Gasteiger partial charge >= 0.3 is 5.97 Å². The molecule has 0 spiro atoms. The number of likely N-dealkylation sites (N-methyl/N-ethyl adjacent to an activating group) is 1. The number of nitrogens with zero attached hydrogens (tertiary/aromatic N) is 3. The first-order valence-corrected chi connectivity index (χ1v) is 10.6. The molecule has 0 bridgehead atoms. The molecule has 0 saturated heterocycles. The van der Waals surface area contributed by atoms with Gasteiger partial charge in [-0.3, -0.25) is 9.69 Å². The molecule has 8 nitrogen and oxygen atoms in total. The number of aromatic carboxylic acids is 1. The predicted molar refractivity (Wildman–Crippen MR) is 128 cm³/mol. The maximum atomic E-state index is 12.4. The number of rotatable bonds is 11. The number of amides is 1. The van der Waals surface area contributed by atoms with Gasteiger partial charge < -0.3 is 20.1 Å². The van der Waals surface area contributed by atoms with Gasteiger partial charge in [0.15, 0.2) is 0 Å². The number of hydrogen-bond donors (Lipinski definition) is 2. The van der Waals surface area contributed by atoms with Gasteiger partial charge in [-0.2, -0.15) is 0 Å². The van der Waals surface area contributed by atoms with Crippen molar-refractivity contribution in [2.24, 2.45) is 0 Å². The monoisotopic (exact) mass is 448 g/mol. The Hall–Kier alpha value is -3.91. The van der Waals surface area contributed by atoms with E-state index in [9.17, 15) is 9.59 Å². The number of benzene rings is 2. The van der Waals surface area contributed by atoms with Crippen molar-refractivity contribution in [3.63, 3.8) is 0 Å². The maximum Gasteiger partial charge on any atom is 0.337 e. The lowest BCUT2D eigenvalue weighted by Gasteiger charge is -2.21. The summed E-state index contributed by atoms with van der Waals surface area (Å²) in [6, 6.07) is 20.0. The van der Waals surface area contributed by atoms with Crippen molar-refractivity contribution in [2.45, 2.75) is 6.42 Å². The number of carbonyl (C=O) groups is 2. The summed E-state index contributed by atoms with van der Waals surface area (Å²) in [4.78, 5) is 31.4. The lowest BCUT2D eigenvalue weighted by atomic mass is 10.3. The SMILES string of the molecule is CN(CCCN(C)c1ccc(C(=O)O)cn1)CC(=O)Nc1ccc(Oc2ccccc2)cc1. The zero-order valence-corrected chi connectivity index (χ0v) is 18.8. The van der Waals surface area contributed by atoms with Crippen LogP contribution < -0.4 is 15.0 Å². The Balaban J connectivity index is 1.38. The third-order valence-electron chi connectivity index (χ3n) is 4.95. The van der Waals surface area contributed by atoms with E-state index in [0.717, 1.165) is 25.3 Å². The number of carboxylic acid groups (broad SMARTS) is 1. The first kappa shape index (κ1) is 23.7. The van der Waals surface area contributed by atoms with Gasteiger partial charge in [0, 0.05) is 32.0 Å². The highest BCUT2D eigenvalue weighted by molar-refractivity contribution is 5.92. The van der Waals surface area contributed by atoms with Gasteiger partial charge in [0.05, 0.1) is 12.1 Å². The van der Waals surface area contributed by atoms with Crippen LogP contribution in [0.4, 0.5) is 11.5 Å². The number of carboxylic acids is 1. The number of ether oxygens (including phenoxy) is 1. The largest absolute Gasteiger partial charge is 0.478 e. The molecule has 0 aliphatic heterocycles. The van der Waals surface area contributed by atoms with Gasteiger partial charge in [0.25, 0.3) is 0 Å². The Bertz CT molecular complexity index is 1040. The Morgan fingerprint density at radius 1 is 0.939 bits per heavy atom. The fourth-order valence-corrected chi connectivity index (χ4v) is 3.19. The van der Waals surface area contributed by atoms with E-state index >= 15 is 0 Å². The maximum absolute atomic E-state index is 12.4. The fraction of sp³-hybridized carbons (Fsp3) is 0.240. The molecule has 0 atom stereocenters. The molecule has 0 radical (unpaired) electrons. The molecule has 0 saturated carbocycles. The summed E-state index contributed by atoms with van der Waals surface area (Å²) in [6.07, 6.45) is 2.18. The van der Waals surface area contributed by atoms with Crippen LogP contribution in [0.15, 0.2) is 72.9 Å². The van der Waals surface area contributed by atoms with Crippen LogP contribution >= 0.6 is 0 Å². The molecule has 172 valence electrons. The number of nitrogens with one attached hydrogen (secondary N) is 1. The van der Waals surface area contributed by atoms with Crippen molar-refractivity contribution in [1.29, 1.82) is 0 Å². The first-order valence-electron chi connectivity index (χ1n) is 10.6. The number of para-hydroxylation sites is 1. The van der Waals surface area contributed by atoms with Crippen molar-refractivity contribution in [3.8, 4) is 11.5 Å². The summed E-state index contributed by atoms with van der Waals surface area (Å²) >= 11 is 0. The summed E-state index contributed by atoms with van der Waals surface area (Å²) in [5.41, 5.74) is 0.876. The minimum absolute atomic E-state index is 0.0893. The van der Waals surface area contributed by atoms with Gasteiger partial charge in [0.1, 0.15) is 17.3 Å². The molecule has 0 aliphatic rings. The van der Waals surface area contributed by atoms with Crippen LogP contribution in [-0.4, -0.2) is 60.6 Å². The van der Waals surface area contributed by atoms with Gasteiger partial charge in [-0.05, 0) is 62.0 Å². The molecule has 33 heavy (non-hydrogen) atoms. The Kier molecular flexibility index (Phi) is 8.37. The van der Waals surface area contributed by atoms with Crippen molar-refractivity contribution in [1.82, 2.24) is 9.88 Å². The highest BCUT2D eigenvalue weighted by atomic mass is 16.5. The molecule has 1 aromatic heterocycles. The minimum atomic E-state index is -0.993. The Morgan fingerprint density at radius 2 is 1.64 bits per heavy atom. The lowest BCUT2D eigenvalue weighted by molar-refractivity contribution is -0.117. The van der Waals surface area contributed by atoms with Crippen LogP contribution in [0.1, 0.15) is 16.8 Å².